The Bertz CT molecular complexity index is 1580. The molecule has 0 spiro atoms. The summed E-state index contributed by atoms with van der Waals surface area (Å²) in [5.41, 5.74) is 3.69. The number of hydrogen-bond donors (Lipinski definition) is 3. The Hall–Kier alpha value is -2.89. The first-order chi connectivity index (χ1) is 20.5. The second kappa shape index (κ2) is 12.2. The third kappa shape index (κ3) is 7.44. The first-order valence-electron chi connectivity index (χ1n) is 15.4. The van der Waals surface area contributed by atoms with Crippen molar-refractivity contribution in [3.05, 3.63) is 40.7 Å². The summed E-state index contributed by atoms with van der Waals surface area (Å²) in [6.45, 7) is 5.88. The van der Waals surface area contributed by atoms with Crippen molar-refractivity contribution in [1.29, 1.82) is 0 Å². The molecular weight excluding hydrogens is 586 g/mol. The summed E-state index contributed by atoms with van der Waals surface area (Å²) in [6.07, 6.45) is 12.9. The van der Waals surface area contributed by atoms with Crippen molar-refractivity contribution < 1.29 is 13.2 Å². The van der Waals surface area contributed by atoms with Crippen molar-refractivity contribution >= 4 is 44.6 Å². The van der Waals surface area contributed by atoms with Gasteiger partial charge in [-0.1, -0.05) is 25.4 Å². The molecule has 3 aliphatic carbocycles. The Morgan fingerprint density at radius 3 is 2.37 bits per heavy atom. The molecule has 0 aliphatic heterocycles. The zero-order chi connectivity index (χ0) is 30.3. The van der Waals surface area contributed by atoms with E-state index in [9.17, 15) is 8.42 Å². The van der Waals surface area contributed by atoms with Gasteiger partial charge in [-0.05, 0) is 93.4 Å². The molecular formula is C31H42ClN7O3S. The number of ether oxygens (including phenoxy) is 1. The van der Waals surface area contributed by atoms with Gasteiger partial charge in [-0.2, -0.15) is 10.1 Å². The number of nitrogens with zero attached hydrogens (tertiary/aromatic N) is 4. The molecule has 232 valence electrons. The smallest absolute Gasteiger partial charge is 0.229 e. The zero-order valence-corrected chi connectivity index (χ0v) is 26.9. The largest absolute Gasteiger partial charge is 0.488 e. The van der Waals surface area contributed by atoms with Crippen LogP contribution in [0, 0.1) is 12.8 Å². The van der Waals surface area contributed by atoms with E-state index in [4.69, 9.17) is 16.3 Å². The van der Waals surface area contributed by atoms with Gasteiger partial charge in [0.05, 0.1) is 29.4 Å². The average molecular weight is 628 g/mol. The molecule has 0 radical (unpaired) electrons. The van der Waals surface area contributed by atoms with Crippen LogP contribution in [0.4, 0.5) is 23.1 Å². The fourth-order valence-corrected chi connectivity index (χ4v) is 7.79. The van der Waals surface area contributed by atoms with Crippen molar-refractivity contribution in [3.8, 4) is 5.75 Å². The molecule has 3 aliphatic rings. The van der Waals surface area contributed by atoms with Crippen molar-refractivity contribution in [2.45, 2.75) is 101 Å². The molecule has 0 bridgehead atoms. The van der Waals surface area contributed by atoms with E-state index in [0.717, 1.165) is 30.3 Å². The van der Waals surface area contributed by atoms with Gasteiger partial charge in [-0.15, -0.1) is 0 Å². The number of aromatic nitrogens is 4. The average Bonchev–Trinajstić information content (AvgIpc) is 3.88. The summed E-state index contributed by atoms with van der Waals surface area (Å²) in [4.78, 5) is 9.02. The summed E-state index contributed by atoms with van der Waals surface area (Å²) in [6, 6.07) is 5.74. The van der Waals surface area contributed by atoms with E-state index in [1.807, 2.05) is 13.8 Å². The molecule has 0 unspecified atom stereocenters. The standard InChI is InChI=1S/C31H42ClN7O3S/c1-18(2)17-43(40,41)30-27(16-39(4)38-30)35-29-25(32)15-33-31(37-29)36-26-13-19(3)24(14-28(26)42-23-11-12-23)20-5-7-21(8-6-20)34-22-9-10-22/h13-16,18,20-23,34H,5-12,17H2,1-4H3,(H2,33,35,36,37)/t20-,21+. The van der Waals surface area contributed by atoms with Gasteiger partial charge < -0.3 is 20.7 Å². The van der Waals surface area contributed by atoms with Crippen molar-refractivity contribution in [2.75, 3.05) is 16.4 Å². The van der Waals surface area contributed by atoms with Gasteiger partial charge in [0.25, 0.3) is 0 Å². The maximum absolute atomic E-state index is 13.0. The molecule has 1 aromatic carbocycles. The summed E-state index contributed by atoms with van der Waals surface area (Å²) < 4.78 is 33.9. The fraction of sp³-hybridized carbons (Fsp3) is 0.581. The molecule has 6 rings (SSSR count). The molecule has 43 heavy (non-hydrogen) atoms. The summed E-state index contributed by atoms with van der Waals surface area (Å²) in [7, 11) is -1.93. The Labute approximate surface area is 259 Å². The van der Waals surface area contributed by atoms with Crippen LogP contribution in [-0.2, 0) is 16.9 Å². The lowest BCUT2D eigenvalue weighted by atomic mass is 9.80. The minimum Gasteiger partial charge on any atom is -0.488 e. The van der Waals surface area contributed by atoms with E-state index >= 15 is 0 Å². The lowest BCUT2D eigenvalue weighted by Gasteiger charge is -2.31. The molecule has 12 heteroatoms. The van der Waals surface area contributed by atoms with Gasteiger partial charge >= 0.3 is 0 Å². The van der Waals surface area contributed by atoms with Crippen LogP contribution in [0.15, 0.2) is 29.6 Å². The van der Waals surface area contributed by atoms with Crippen LogP contribution >= 0.6 is 11.6 Å². The number of rotatable bonds is 12. The quantitative estimate of drug-likeness (QED) is 0.209. The van der Waals surface area contributed by atoms with Crippen molar-refractivity contribution in [3.63, 3.8) is 0 Å². The number of hydrogen-bond acceptors (Lipinski definition) is 9. The Balaban J connectivity index is 1.23. The number of aryl methyl sites for hydroxylation is 2. The van der Waals surface area contributed by atoms with E-state index < -0.39 is 9.84 Å². The van der Waals surface area contributed by atoms with E-state index in [-0.39, 0.29) is 33.6 Å². The zero-order valence-electron chi connectivity index (χ0n) is 25.4. The van der Waals surface area contributed by atoms with Gasteiger partial charge in [0.2, 0.25) is 11.0 Å². The molecule has 0 saturated heterocycles. The van der Waals surface area contributed by atoms with Crippen LogP contribution in [-0.4, -0.2) is 52.1 Å². The second-order valence-electron chi connectivity index (χ2n) is 12.8. The van der Waals surface area contributed by atoms with Crippen LogP contribution in [0.2, 0.25) is 5.02 Å². The molecule has 10 nitrogen and oxygen atoms in total. The van der Waals surface area contributed by atoms with Crippen LogP contribution < -0.4 is 20.7 Å². The maximum atomic E-state index is 13.0. The summed E-state index contributed by atoms with van der Waals surface area (Å²) >= 11 is 6.47. The molecule has 3 saturated carbocycles. The fourth-order valence-electron chi connectivity index (χ4n) is 5.92. The molecule has 0 atom stereocenters. The number of nitrogens with one attached hydrogen (secondary N) is 3. The number of sulfone groups is 1. The highest BCUT2D eigenvalue weighted by Gasteiger charge is 2.31. The molecule has 2 heterocycles. The third-order valence-corrected chi connectivity index (χ3v) is 10.6. The second-order valence-corrected chi connectivity index (χ2v) is 15.2. The monoisotopic (exact) mass is 627 g/mol. The highest BCUT2D eigenvalue weighted by atomic mass is 35.5. The van der Waals surface area contributed by atoms with E-state index in [1.54, 1.807) is 13.2 Å². The normalized spacial score (nSPS) is 20.8. The van der Waals surface area contributed by atoms with E-state index in [1.165, 1.54) is 60.5 Å². The van der Waals surface area contributed by atoms with E-state index in [0.29, 0.717) is 23.6 Å². The lowest BCUT2D eigenvalue weighted by molar-refractivity contribution is 0.303. The Morgan fingerprint density at radius 1 is 1.02 bits per heavy atom. The van der Waals surface area contributed by atoms with Gasteiger partial charge in [-0.25, -0.2) is 13.4 Å². The van der Waals surface area contributed by atoms with Gasteiger partial charge in [0.1, 0.15) is 10.8 Å². The topological polar surface area (TPSA) is 123 Å². The van der Waals surface area contributed by atoms with Crippen LogP contribution in [0.1, 0.15) is 82.3 Å². The molecule has 0 amide bonds. The summed E-state index contributed by atoms with van der Waals surface area (Å²) in [5, 5.41) is 14.7. The van der Waals surface area contributed by atoms with Crippen LogP contribution in [0.5, 0.6) is 5.75 Å². The first-order valence-corrected chi connectivity index (χ1v) is 17.5. The van der Waals surface area contributed by atoms with Gasteiger partial charge in [0.15, 0.2) is 15.7 Å². The van der Waals surface area contributed by atoms with E-state index in [2.05, 4.69) is 50.1 Å². The summed E-state index contributed by atoms with van der Waals surface area (Å²) in [5.74, 6) is 1.88. The van der Waals surface area contributed by atoms with Crippen LogP contribution in [0.25, 0.3) is 0 Å². The molecule has 3 aromatic rings. The first kappa shape index (κ1) is 30.1. The van der Waals surface area contributed by atoms with Gasteiger partial charge in [-0.3, -0.25) is 4.68 Å². The predicted molar refractivity (Wildman–Crippen MR) is 170 cm³/mol. The maximum Gasteiger partial charge on any atom is 0.229 e. The SMILES string of the molecule is Cc1cc(Nc2ncc(Cl)c(Nc3cn(C)nc3S(=O)(=O)CC(C)C)n2)c(OC2CC2)cc1[C@H]1CC[C@@H](NC2CC2)CC1. The minimum absolute atomic E-state index is 0.0130. The number of benzene rings is 1. The lowest BCUT2D eigenvalue weighted by Crippen LogP contribution is -2.34. The Kier molecular flexibility index (Phi) is 8.59. The van der Waals surface area contributed by atoms with Gasteiger partial charge in [0, 0.05) is 25.3 Å². The highest BCUT2D eigenvalue weighted by molar-refractivity contribution is 7.91. The predicted octanol–water partition coefficient (Wildman–Crippen LogP) is 6.41. The highest BCUT2D eigenvalue weighted by Crippen LogP contribution is 2.42. The molecule has 2 aromatic heterocycles. The minimum atomic E-state index is -3.61. The van der Waals surface area contributed by atoms with Crippen molar-refractivity contribution in [2.24, 2.45) is 13.0 Å². The van der Waals surface area contributed by atoms with Crippen molar-refractivity contribution in [1.82, 2.24) is 25.1 Å². The molecule has 3 N–H and O–H groups in total. The van der Waals surface area contributed by atoms with Crippen LogP contribution in [0.3, 0.4) is 0 Å². The number of anilines is 4. The number of halogens is 1. The Morgan fingerprint density at radius 2 is 1.72 bits per heavy atom. The molecule has 3 fully saturated rings. The third-order valence-electron chi connectivity index (χ3n) is 8.29.